The first-order chi connectivity index (χ1) is 30.9. The molecular weight excluding hydrogens is 891 g/mol. The van der Waals surface area contributed by atoms with Crippen molar-refractivity contribution in [3.63, 3.8) is 0 Å². The zero-order valence-electron chi connectivity index (χ0n) is 37.4. The molecule has 26 nitrogen and oxygen atoms in total. The molecular formula is C39H69N13O13S. The van der Waals surface area contributed by atoms with Gasteiger partial charge in [0.05, 0.1) is 12.1 Å². The molecule has 0 spiro atoms. The SMILES string of the molecule is CC(C)C[C@@H]1NC(=O)[C@@H](Cc2ccccc2)NC(=O)[C@H](CCN)NC(=O)[C@@H](NC(=O)[C@@H](N)CCN)CCNC(=O)[C@H]([C@@H](C)O)NC(=O)[C@H](CCN)NC(=O)[C@H](CCN)NC1=O.O=S(=O)(O)O. The molecule has 0 saturated carbocycles. The second kappa shape index (κ2) is 30.0. The number of hydrogen-bond donors (Lipinski definition) is 16. The first kappa shape index (κ1) is 58.6. The van der Waals surface area contributed by atoms with Gasteiger partial charge in [0.2, 0.25) is 47.3 Å². The Labute approximate surface area is 383 Å². The molecule has 1 aromatic rings. The monoisotopic (exact) mass is 959 g/mol. The summed E-state index contributed by atoms with van der Waals surface area (Å²) < 4.78 is 31.6. The standard InChI is InChI=1S/C39H67N13O9.H2O4S/c1-21(2)19-29-37(59)49-25(10-15-41)33(55)48-27(12-17-43)36(58)52-31(22(3)53)39(61)45-18-13-28(46-32(54)24(44)9-14-40)35(57)47-26(11-16-42)34(56)51-30(38(60)50-29)20-23-7-5-4-6-8-23;1-5(2,3)4/h4-8,21-22,24-31,53H,9-20,40-44H2,1-3H3,(H,45,61)(H,46,54)(H,47,57)(H,48,55)(H,49,59)(H,50,60)(H,51,56)(H,52,58);(H2,1,2,3,4)/t22-,24+,25+,26+,27+,28+,29+,30-,31+;/m1./s1. The van der Waals surface area contributed by atoms with E-state index in [1.807, 2.05) is 13.8 Å². The van der Waals surface area contributed by atoms with E-state index in [1.54, 1.807) is 30.3 Å². The number of rotatable bonds is 15. The van der Waals surface area contributed by atoms with Crippen molar-refractivity contribution in [1.29, 1.82) is 0 Å². The minimum atomic E-state index is -4.67. The lowest BCUT2D eigenvalue weighted by molar-refractivity contribution is -0.136. The summed E-state index contributed by atoms with van der Waals surface area (Å²) in [4.78, 5) is 109. The summed E-state index contributed by atoms with van der Waals surface area (Å²) in [7, 11) is -4.67. The molecule has 66 heavy (non-hydrogen) atoms. The fourth-order valence-corrected chi connectivity index (χ4v) is 6.40. The number of carbonyl (C=O) groups is 8. The number of aliphatic hydroxyl groups excluding tert-OH is 1. The maximum atomic E-state index is 14.1. The normalized spacial score (nSPS) is 24.4. The Morgan fingerprint density at radius 1 is 0.667 bits per heavy atom. The van der Waals surface area contributed by atoms with E-state index in [9.17, 15) is 43.5 Å². The largest absolute Gasteiger partial charge is 0.394 e. The van der Waals surface area contributed by atoms with Crippen LogP contribution in [0.5, 0.6) is 0 Å². The molecule has 374 valence electrons. The summed E-state index contributed by atoms with van der Waals surface area (Å²) in [6.07, 6.45) is -1.86. The molecule has 0 aromatic heterocycles. The van der Waals surface area contributed by atoms with Crippen LogP contribution < -0.4 is 71.2 Å². The highest BCUT2D eigenvalue weighted by Gasteiger charge is 2.35. The Bertz CT molecular complexity index is 1850. The summed E-state index contributed by atoms with van der Waals surface area (Å²) in [5.74, 6) is -6.64. The summed E-state index contributed by atoms with van der Waals surface area (Å²) in [5, 5.41) is 31.2. The second-order valence-electron chi connectivity index (χ2n) is 15.9. The molecule has 27 heteroatoms. The Balaban J connectivity index is 0.00000411. The molecule has 21 N–H and O–H groups in total. The van der Waals surface area contributed by atoms with E-state index in [0.29, 0.717) is 5.56 Å². The Kier molecular flexibility index (Phi) is 26.7. The number of nitrogens with two attached hydrogens (primary N) is 5. The number of aliphatic hydroxyl groups is 1. The molecule has 0 bridgehead atoms. The quantitative estimate of drug-likeness (QED) is 0.0727. The summed E-state index contributed by atoms with van der Waals surface area (Å²) >= 11 is 0. The van der Waals surface area contributed by atoms with Gasteiger partial charge in [-0.05, 0) is 83.1 Å². The maximum Gasteiger partial charge on any atom is 0.394 e. The third-order valence-electron chi connectivity index (χ3n) is 9.76. The van der Waals surface area contributed by atoms with Crippen LogP contribution in [-0.4, -0.2) is 157 Å². The first-order valence-electron chi connectivity index (χ1n) is 21.3. The van der Waals surface area contributed by atoms with Gasteiger partial charge in [-0.3, -0.25) is 47.5 Å². The van der Waals surface area contributed by atoms with E-state index >= 15 is 0 Å². The third kappa shape index (κ3) is 22.7. The van der Waals surface area contributed by atoms with Crippen molar-refractivity contribution in [1.82, 2.24) is 42.5 Å². The smallest absolute Gasteiger partial charge is 0.391 e. The van der Waals surface area contributed by atoms with Crippen LogP contribution in [-0.2, 0) is 55.2 Å². The molecule has 2 rings (SSSR count). The Hall–Kier alpha value is -5.39. The first-order valence-corrected chi connectivity index (χ1v) is 22.7. The highest BCUT2D eigenvalue weighted by Crippen LogP contribution is 2.10. The van der Waals surface area contributed by atoms with E-state index in [4.69, 9.17) is 46.2 Å². The molecule has 1 fully saturated rings. The Morgan fingerprint density at radius 3 is 1.55 bits per heavy atom. The van der Waals surface area contributed by atoms with Gasteiger partial charge in [-0.2, -0.15) is 8.42 Å². The predicted octanol–water partition coefficient (Wildman–Crippen LogP) is -6.36. The number of hydrogen-bond acceptors (Lipinski definition) is 16. The second-order valence-corrected chi connectivity index (χ2v) is 16.8. The fraction of sp³-hybridized carbons (Fsp3) is 0.641. The molecule has 0 aliphatic carbocycles. The van der Waals surface area contributed by atoms with E-state index in [0.717, 1.165) is 0 Å². The molecule has 9 atom stereocenters. The van der Waals surface area contributed by atoms with Crippen molar-refractivity contribution in [2.24, 2.45) is 34.6 Å². The summed E-state index contributed by atoms with van der Waals surface area (Å²) in [6, 6.07) is -1.80. The maximum absolute atomic E-state index is 14.1. The van der Waals surface area contributed by atoms with Crippen molar-refractivity contribution in [3.05, 3.63) is 35.9 Å². The van der Waals surface area contributed by atoms with Crippen LogP contribution in [0, 0.1) is 5.92 Å². The van der Waals surface area contributed by atoms with Gasteiger partial charge in [0, 0.05) is 13.0 Å². The van der Waals surface area contributed by atoms with Gasteiger partial charge in [-0.15, -0.1) is 0 Å². The molecule has 0 radical (unpaired) electrons. The van der Waals surface area contributed by atoms with Crippen LogP contribution in [0.25, 0.3) is 0 Å². The van der Waals surface area contributed by atoms with Crippen LogP contribution >= 0.6 is 0 Å². The topological polar surface area (TPSA) is 458 Å². The van der Waals surface area contributed by atoms with Gasteiger partial charge in [-0.25, -0.2) is 0 Å². The fourth-order valence-electron chi connectivity index (χ4n) is 6.40. The van der Waals surface area contributed by atoms with Crippen molar-refractivity contribution >= 4 is 57.7 Å². The van der Waals surface area contributed by atoms with Crippen LogP contribution in [0.2, 0.25) is 0 Å². The van der Waals surface area contributed by atoms with Crippen LogP contribution in [0.4, 0.5) is 0 Å². The molecule has 0 unspecified atom stereocenters. The van der Waals surface area contributed by atoms with Crippen molar-refractivity contribution in [2.45, 2.75) is 120 Å². The minimum Gasteiger partial charge on any atom is -0.391 e. The molecule has 1 aliphatic heterocycles. The number of amides is 8. The average molecular weight is 960 g/mol. The molecule has 1 aliphatic rings. The van der Waals surface area contributed by atoms with E-state index in [-0.39, 0.29) is 83.6 Å². The van der Waals surface area contributed by atoms with Gasteiger partial charge in [0.25, 0.3) is 0 Å². The molecule has 8 amide bonds. The molecule has 1 aromatic carbocycles. The third-order valence-corrected chi connectivity index (χ3v) is 9.76. The highest BCUT2D eigenvalue weighted by atomic mass is 32.3. The van der Waals surface area contributed by atoms with Crippen LogP contribution in [0.1, 0.15) is 64.9 Å². The highest BCUT2D eigenvalue weighted by molar-refractivity contribution is 7.79. The van der Waals surface area contributed by atoms with Gasteiger partial charge in [0.1, 0.15) is 42.3 Å². The summed E-state index contributed by atoms with van der Waals surface area (Å²) in [5.41, 5.74) is 29.6. The zero-order chi connectivity index (χ0) is 50.1. The van der Waals surface area contributed by atoms with Gasteiger partial charge < -0.3 is 76.3 Å². The van der Waals surface area contributed by atoms with E-state index in [1.165, 1.54) is 6.92 Å². The number of carbonyl (C=O) groups excluding carboxylic acids is 8. The van der Waals surface area contributed by atoms with E-state index < -0.39 is 112 Å². The van der Waals surface area contributed by atoms with Gasteiger partial charge in [0.15, 0.2) is 0 Å². The van der Waals surface area contributed by atoms with E-state index in [2.05, 4.69) is 42.5 Å². The lowest BCUT2D eigenvalue weighted by Gasteiger charge is -2.28. The van der Waals surface area contributed by atoms with Crippen LogP contribution in [0.3, 0.4) is 0 Å². The molecule has 1 heterocycles. The summed E-state index contributed by atoms with van der Waals surface area (Å²) in [6.45, 7) is 4.41. The minimum absolute atomic E-state index is 0.0363. The van der Waals surface area contributed by atoms with Crippen molar-refractivity contribution in [3.8, 4) is 0 Å². The van der Waals surface area contributed by atoms with Crippen molar-refractivity contribution in [2.75, 3.05) is 32.7 Å². The van der Waals surface area contributed by atoms with Crippen LogP contribution in [0.15, 0.2) is 30.3 Å². The van der Waals surface area contributed by atoms with Gasteiger partial charge >= 0.3 is 10.4 Å². The Morgan fingerprint density at radius 2 is 1.09 bits per heavy atom. The van der Waals surface area contributed by atoms with Crippen molar-refractivity contribution < 1.29 is 61.0 Å². The molecule has 1 saturated heterocycles. The lowest BCUT2D eigenvalue weighted by atomic mass is 10.00. The number of nitrogens with one attached hydrogen (secondary N) is 8. The average Bonchev–Trinajstić information content (AvgIpc) is 3.23. The predicted molar refractivity (Wildman–Crippen MR) is 239 cm³/mol. The number of benzene rings is 1. The van der Waals surface area contributed by atoms with Gasteiger partial charge in [-0.1, -0.05) is 44.2 Å². The lowest BCUT2D eigenvalue weighted by Crippen LogP contribution is -2.61. The zero-order valence-corrected chi connectivity index (χ0v) is 38.2.